The topological polar surface area (TPSA) is 73.4 Å². The number of hydrogen-bond donors (Lipinski definition) is 2. The smallest absolute Gasteiger partial charge is 0.272 e. The summed E-state index contributed by atoms with van der Waals surface area (Å²) in [5, 5.41) is 4.10. The van der Waals surface area contributed by atoms with Gasteiger partial charge in [-0.2, -0.15) is 5.10 Å². The number of anilines is 1. The quantitative estimate of drug-likeness (QED) is 0.403. The number of benzene rings is 3. The minimum atomic E-state index is -0.290. The van der Waals surface area contributed by atoms with Gasteiger partial charge < -0.3 is 9.88 Å². The van der Waals surface area contributed by atoms with Gasteiger partial charge in [0, 0.05) is 25.3 Å². The lowest BCUT2D eigenvalue weighted by Gasteiger charge is -2.11. The van der Waals surface area contributed by atoms with Crippen molar-refractivity contribution in [1.29, 1.82) is 0 Å². The molecule has 29 heavy (non-hydrogen) atoms. The lowest BCUT2D eigenvalue weighted by atomic mass is 10.1. The maximum absolute atomic E-state index is 12.7. The molecule has 4 aromatic rings. The van der Waals surface area contributed by atoms with Gasteiger partial charge in [0.2, 0.25) is 0 Å². The Morgan fingerprint density at radius 2 is 1.72 bits per heavy atom. The van der Waals surface area contributed by atoms with Crippen LogP contribution < -0.4 is 10.3 Å². The molecule has 0 aliphatic heterocycles. The molecule has 0 aliphatic carbocycles. The predicted octanol–water partition coefficient (Wildman–Crippen LogP) is 4.06. The Kier molecular flexibility index (Phi) is 5.07. The first-order valence-electron chi connectivity index (χ1n) is 9.27. The van der Waals surface area contributed by atoms with Crippen molar-refractivity contribution in [2.75, 3.05) is 19.0 Å². The van der Waals surface area contributed by atoms with Crippen molar-refractivity contribution in [1.82, 2.24) is 15.4 Å². The van der Waals surface area contributed by atoms with Gasteiger partial charge in [-0.05, 0) is 35.9 Å². The molecule has 2 N–H and O–H groups in total. The van der Waals surface area contributed by atoms with Gasteiger partial charge in [-0.15, -0.1) is 0 Å². The van der Waals surface area contributed by atoms with Crippen LogP contribution in [0.5, 0.6) is 0 Å². The summed E-state index contributed by atoms with van der Waals surface area (Å²) in [6.07, 6.45) is 1.63. The first-order chi connectivity index (χ1) is 14.1. The number of amides is 1. The van der Waals surface area contributed by atoms with Crippen molar-refractivity contribution in [3.63, 3.8) is 0 Å². The van der Waals surface area contributed by atoms with E-state index in [1.54, 1.807) is 12.3 Å². The van der Waals surface area contributed by atoms with Crippen molar-refractivity contribution < 1.29 is 4.79 Å². The van der Waals surface area contributed by atoms with Gasteiger partial charge >= 0.3 is 0 Å². The van der Waals surface area contributed by atoms with Gasteiger partial charge in [0.05, 0.1) is 22.8 Å². The Morgan fingerprint density at radius 1 is 1.00 bits per heavy atom. The van der Waals surface area contributed by atoms with Crippen molar-refractivity contribution in [2.45, 2.75) is 0 Å². The van der Waals surface area contributed by atoms with Crippen LogP contribution in [0.15, 0.2) is 77.9 Å². The molecule has 0 saturated heterocycles. The Hall–Kier alpha value is -3.93. The van der Waals surface area contributed by atoms with Crippen LogP contribution in [0, 0.1) is 0 Å². The summed E-state index contributed by atoms with van der Waals surface area (Å²) in [5.41, 5.74) is 7.63. The minimum Gasteiger partial charge on any atom is -0.378 e. The molecule has 144 valence electrons. The number of hydrogen-bond acceptors (Lipinski definition) is 4. The van der Waals surface area contributed by atoms with Gasteiger partial charge in [0.15, 0.2) is 0 Å². The molecule has 3 aromatic carbocycles. The highest BCUT2D eigenvalue weighted by atomic mass is 16.2. The number of H-pyrrole nitrogens is 1. The number of hydrazone groups is 1. The van der Waals surface area contributed by atoms with Gasteiger partial charge in [0.25, 0.3) is 5.91 Å². The number of carbonyl (C=O) groups excluding carboxylic acids is 1. The monoisotopic (exact) mass is 383 g/mol. The Balaban J connectivity index is 1.53. The third-order valence-corrected chi connectivity index (χ3v) is 4.61. The second kappa shape index (κ2) is 7.98. The normalized spacial score (nSPS) is 11.1. The molecule has 0 unspecified atom stereocenters. The van der Waals surface area contributed by atoms with E-state index >= 15 is 0 Å². The summed E-state index contributed by atoms with van der Waals surface area (Å²) in [7, 11) is 3.98. The standard InChI is InChI=1S/C23H21N5O/c1-28(2)17-13-11-16(12-14-17)15-24-27-23(29)19-8-4-3-7-18(19)22-25-20-9-5-6-10-21(20)26-22/h3-15H,1-2H3,(H,25,26)(H,27,29)/b24-15+. The number of fused-ring (bicyclic) bond motifs is 1. The van der Waals surface area contributed by atoms with Gasteiger partial charge in [-0.1, -0.05) is 42.5 Å². The number of carbonyl (C=O) groups is 1. The van der Waals surface area contributed by atoms with Crippen molar-refractivity contribution in [3.05, 3.63) is 83.9 Å². The third kappa shape index (κ3) is 4.01. The van der Waals surface area contributed by atoms with E-state index in [9.17, 15) is 4.79 Å². The van der Waals surface area contributed by atoms with E-state index in [0.717, 1.165) is 27.8 Å². The fraction of sp³-hybridized carbons (Fsp3) is 0.0870. The summed E-state index contributed by atoms with van der Waals surface area (Å²) in [6, 6.07) is 23.0. The zero-order valence-corrected chi connectivity index (χ0v) is 16.3. The fourth-order valence-electron chi connectivity index (χ4n) is 3.05. The molecule has 0 fully saturated rings. The predicted molar refractivity (Wildman–Crippen MR) is 117 cm³/mol. The van der Waals surface area contributed by atoms with Crippen LogP contribution in [0.3, 0.4) is 0 Å². The highest BCUT2D eigenvalue weighted by Crippen LogP contribution is 2.23. The summed E-state index contributed by atoms with van der Waals surface area (Å²) < 4.78 is 0. The molecule has 0 saturated carbocycles. The molecule has 0 radical (unpaired) electrons. The van der Waals surface area contributed by atoms with Crippen LogP contribution in [0.4, 0.5) is 5.69 Å². The first kappa shape index (κ1) is 18.4. The Morgan fingerprint density at radius 3 is 2.48 bits per heavy atom. The van der Waals surface area contributed by atoms with E-state index < -0.39 is 0 Å². The molecule has 1 aromatic heterocycles. The second-order valence-electron chi connectivity index (χ2n) is 6.83. The van der Waals surface area contributed by atoms with Gasteiger partial charge in [-0.3, -0.25) is 4.79 Å². The molecular weight excluding hydrogens is 362 g/mol. The third-order valence-electron chi connectivity index (χ3n) is 4.61. The number of aromatic nitrogens is 2. The summed E-state index contributed by atoms with van der Waals surface area (Å²) in [6.45, 7) is 0. The molecule has 1 heterocycles. The average molecular weight is 383 g/mol. The largest absolute Gasteiger partial charge is 0.378 e. The lowest BCUT2D eigenvalue weighted by Crippen LogP contribution is -2.18. The molecule has 4 rings (SSSR count). The number of aromatic amines is 1. The van der Waals surface area contributed by atoms with Crippen LogP contribution in [0.1, 0.15) is 15.9 Å². The molecule has 0 spiro atoms. The highest BCUT2D eigenvalue weighted by molar-refractivity contribution is 6.01. The first-order valence-corrected chi connectivity index (χ1v) is 9.27. The number of para-hydroxylation sites is 2. The molecule has 6 nitrogen and oxygen atoms in total. The molecular formula is C23H21N5O. The zero-order valence-electron chi connectivity index (χ0n) is 16.3. The Bertz CT molecular complexity index is 1140. The van der Waals surface area contributed by atoms with Crippen LogP contribution >= 0.6 is 0 Å². The van der Waals surface area contributed by atoms with E-state index in [2.05, 4.69) is 20.5 Å². The van der Waals surface area contributed by atoms with Crippen LogP contribution in [0.2, 0.25) is 0 Å². The van der Waals surface area contributed by atoms with E-state index in [0.29, 0.717) is 11.4 Å². The van der Waals surface area contributed by atoms with E-state index in [1.807, 2.05) is 85.7 Å². The molecule has 1 amide bonds. The second-order valence-corrected chi connectivity index (χ2v) is 6.83. The average Bonchev–Trinajstić information content (AvgIpc) is 3.18. The lowest BCUT2D eigenvalue weighted by molar-refractivity contribution is 0.0955. The SMILES string of the molecule is CN(C)c1ccc(/C=N/NC(=O)c2ccccc2-c2nc3ccccc3[nH]2)cc1. The van der Waals surface area contributed by atoms with Crippen LogP contribution in [-0.2, 0) is 0 Å². The maximum atomic E-state index is 12.7. The maximum Gasteiger partial charge on any atom is 0.272 e. The molecule has 0 atom stereocenters. The summed E-state index contributed by atoms with van der Waals surface area (Å²) in [5.74, 6) is 0.363. The fourth-order valence-corrected chi connectivity index (χ4v) is 3.05. The minimum absolute atomic E-state index is 0.290. The zero-order chi connectivity index (χ0) is 20.2. The molecule has 0 aliphatic rings. The number of nitrogens with one attached hydrogen (secondary N) is 2. The van der Waals surface area contributed by atoms with E-state index in [-0.39, 0.29) is 5.91 Å². The number of nitrogens with zero attached hydrogens (tertiary/aromatic N) is 3. The highest BCUT2D eigenvalue weighted by Gasteiger charge is 2.14. The van der Waals surface area contributed by atoms with Crippen molar-refractivity contribution in [3.8, 4) is 11.4 Å². The van der Waals surface area contributed by atoms with Crippen molar-refractivity contribution >= 4 is 28.8 Å². The van der Waals surface area contributed by atoms with Gasteiger partial charge in [-0.25, -0.2) is 10.4 Å². The Labute approximate surface area is 168 Å². The van der Waals surface area contributed by atoms with Crippen molar-refractivity contribution in [2.24, 2.45) is 5.10 Å². The van der Waals surface area contributed by atoms with E-state index in [4.69, 9.17) is 0 Å². The number of imidazole rings is 1. The van der Waals surface area contributed by atoms with Crippen LogP contribution in [-0.4, -0.2) is 36.2 Å². The molecule has 6 heteroatoms. The molecule has 0 bridgehead atoms. The van der Waals surface area contributed by atoms with Gasteiger partial charge in [0.1, 0.15) is 5.82 Å². The summed E-state index contributed by atoms with van der Waals surface area (Å²) >= 11 is 0. The number of rotatable bonds is 5. The van der Waals surface area contributed by atoms with E-state index in [1.165, 1.54) is 0 Å². The van der Waals surface area contributed by atoms with Crippen LogP contribution in [0.25, 0.3) is 22.4 Å². The summed E-state index contributed by atoms with van der Waals surface area (Å²) in [4.78, 5) is 22.6.